The molecule has 4 rings (SSSR count). The summed E-state index contributed by atoms with van der Waals surface area (Å²) in [6, 6.07) is 4.57. The van der Waals surface area contributed by atoms with Crippen LogP contribution in [0.4, 0.5) is 23.9 Å². The Morgan fingerprint density at radius 1 is 1.33 bits per heavy atom. The fourth-order valence-electron chi connectivity index (χ4n) is 4.51. The first-order valence-corrected chi connectivity index (χ1v) is 13.8. The minimum Gasteiger partial charge on any atom is -0.465 e. The molecule has 13 heteroatoms. The number of fused-ring (bicyclic) bond motifs is 1. The molecule has 36 heavy (non-hydrogen) atoms. The van der Waals surface area contributed by atoms with Gasteiger partial charge in [0.15, 0.2) is 0 Å². The van der Waals surface area contributed by atoms with E-state index in [1.807, 2.05) is 6.07 Å². The van der Waals surface area contributed by atoms with Gasteiger partial charge in [-0.25, -0.2) is 14.8 Å². The second-order valence-electron chi connectivity index (χ2n) is 9.07. The lowest BCUT2D eigenvalue weighted by Gasteiger charge is -2.23. The quantitative estimate of drug-likeness (QED) is 0.424. The number of aromatic nitrogens is 3. The Kier molecular flexibility index (Phi) is 6.71. The fourth-order valence-corrected chi connectivity index (χ4v) is 5.94. The number of carbonyl (C=O) groups is 1. The number of H-pyrrole nitrogens is 1. The average molecular weight is 520 g/mol. The first-order valence-electron chi connectivity index (χ1n) is 11.2. The Balaban J connectivity index is 1.82. The summed E-state index contributed by atoms with van der Waals surface area (Å²) in [5.41, 5.74) is -0.812. The van der Waals surface area contributed by atoms with Crippen LogP contribution in [0.25, 0.3) is 22.2 Å². The van der Waals surface area contributed by atoms with Gasteiger partial charge in [-0.3, -0.25) is 0 Å². The molecule has 1 atom stereocenters. The third kappa shape index (κ3) is 5.02. The Labute approximate surface area is 204 Å². The number of rotatable bonds is 4. The molecule has 1 fully saturated rings. The lowest BCUT2D eigenvalue weighted by atomic mass is 10.0. The monoisotopic (exact) mass is 520 g/mol. The molecule has 190 valence electrons. The van der Waals surface area contributed by atoms with Gasteiger partial charge in [0.2, 0.25) is 5.95 Å². The zero-order valence-electron chi connectivity index (χ0n) is 19.6. The average Bonchev–Trinajstić information content (AvgIpc) is 3.07. The summed E-state index contributed by atoms with van der Waals surface area (Å²) in [7, 11) is -2.97. The largest absolute Gasteiger partial charge is 0.465 e. The van der Waals surface area contributed by atoms with Gasteiger partial charge in [-0.1, -0.05) is 6.07 Å². The lowest BCUT2D eigenvalue weighted by molar-refractivity contribution is -0.137. The normalized spacial score (nSPS) is 17.0. The molecule has 0 saturated carbocycles. The Hall–Kier alpha value is -3.58. The molecular weight excluding hydrogens is 496 g/mol. The molecule has 0 radical (unpaired) electrons. The van der Waals surface area contributed by atoms with E-state index < -0.39 is 25.0 Å². The zero-order chi connectivity index (χ0) is 26.3. The van der Waals surface area contributed by atoms with Crippen molar-refractivity contribution < 1.29 is 27.6 Å². The van der Waals surface area contributed by atoms with Gasteiger partial charge < -0.3 is 24.9 Å². The predicted octanol–water partition coefficient (Wildman–Crippen LogP) is 4.71. The second kappa shape index (κ2) is 9.47. The van der Waals surface area contributed by atoms with Crippen LogP contribution >= 0.6 is 7.14 Å². The summed E-state index contributed by atoms with van der Waals surface area (Å²) in [4.78, 5) is 23.7. The standard InChI is InChI=1S/C23H24F3N6O3P/c1-36(2,35)20-13(9-27)6-7-15-16(10-28-19(15)20)18-17(23(24,25)26)11-29-21(31-18)30-14-5-3-4-8-32(12-14)22(33)34/h6-7,10-11,14,28H,3-5,8,12H2,1-2H3,(H,33,34)(H,29,30,31). The van der Waals surface area contributed by atoms with Gasteiger partial charge in [-0.05, 0) is 38.7 Å². The molecule has 3 aromatic rings. The highest BCUT2D eigenvalue weighted by atomic mass is 31.2. The molecular formula is C23H24F3N6O3P. The van der Waals surface area contributed by atoms with E-state index >= 15 is 0 Å². The van der Waals surface area contributed by atoms with Crippen molar-refractivity contribution in [2.75, 3.05) is 31.7 Å². The number of anilines is 1. The first-order chi connectivity index (χ1) is 16.9. The van der Waals surface area contributed by atoms with Gasteiger partial charge in [0, 0.05) is 42.5 Å². The van der Waals surface area contributed by atoms with Crippen molar-refractivity contribution in [3.05, 3.63) is 35.7 Å². The van der Waals surface area contributed by atoms with Gasteiger partial charge >= 0.3 is 12.3 Å². The smallest absolute Gasteiger partial charge is 0.419 e. The number of halogens is 3. The van der Waals surface area contributed by atoms with Crippen molar-refractivity contribution in [2.24, 2.45) is 0 Å². The number of amides is 1. The van der Waals surface area contributed by atoms with Crippen LogP contribution in [0, 0.1) is 11.3 Å². The molecule has 1 aromatic carbocycles. The molecule has 3 N–H and O–H groups in total. The highest BCUT2D eigenvalue weighted by Crippen LogP contribution is 2.42. The summed E-state index contributed by atoms with van der Waals surface area (Å²) in [6.07, 6.45) is -1.72. The molecule has 1 aliphatic heterocycles. The van der Waals surface area contributed by atoms with Crippen LogP contribution in [-0.4, -0.2) is 63.5 Å². The number of benzene rings is 1. The van der Waals surface area contributed by atoms with Crippen LogP contribution in [0.2, 0.25) is 0 Å². The van der Waals surface area contributed by atoms with E-state index in [1.165, 1.54) is 36.6 Å². The molecule has 0 aliphatic carbocycles. The number of alkyl halides is 3. The maximum Gasteiger partial charge on any atom is 0.419 e. The summed E-state index contributed by atoms with van der Waals surface area (Å²) >= 11 is 0. The number of nitrogens with zero attached hydrogens (tertiary/aromatic N) is 4. The minimum atomic E-state index is -4.75. The number of hydrogen-bond donors (Lipinski definition) is 3. The zero-order valence-corrected chi connectivity index (χ0v) is 20.5. The highest BCUT2D eigenvalue weighted by molar-refractivity contribution is 7.70. The maximum atomic E-state index is 13.9. The predicted molar refractivity (Wildman–Crippen MR) is 129 cm³/mol. The third-order valence-electron chi connectivity index (χ3n) is 6.11. The van der Waals surface area contributed by atoms with Crippen LogP contribution in [0.1, 0.15) is 30.4 Å². The van der Waals surface area contributed by atoms with E-state index in [0.29, 0.717) is 36.5 Å². The van der Waals surface area contributed by atoms with Crippen molar-refractivity contribution >= 4 is 35.4 Å². The van der Waals surface area contributed by atoms with Crippen LogP contribution in [-0.2, 0) is 10.7 Å². The van der Waals surface area contributed by atoms with Crippen LogP contribution in [0.3, 0.4) is 0 Å². The fraction of sp³-hybridized carbons (Fsp3) is 0.391. The number of nitrogens with one attached hydrogen (secondary N) is 2. The molecule has 0 bridgehead atoms. The summed E-state index contributed by atoms with van der Waals surface area (Å²) < 4.78 is 54.8. The van der Waals surface area contributed by atoms with Gasteiger partial charge in [0.25, 0.3) is 0 Å². The van der Waals surface area contributed by atoms with E-state index in [-0.39, 0.29) is 40.7 Å². The van der Waals surface area contributed by atoms with Gasteiger partial charge in [-0.15, -0.1) is 0 Å². The Morgan fingerprint density at radius 2 is 2.08 bits per heavy atom. The van der Waals surface area contributed by atoms with Crippen molar-refractivity contribution in [2.45, 2.75) is 31.5 Å². The van der Waals surface area contributed by atoms with Crippen molar-refractivity contribution in [3.8, 4) is 17.3 Å². The van der Waals surface area contributed by atoms with E-state index in [0.717, 1.165) is 6.42 Å². The molecule has 3 heterocycles. The molecule has 1 unspecified atom stereocenters. The Bertz CT molecular complexity index is 1410. The summed E-state index contributed by atoms with van der Waals surface area (Å²) in [6.45, 7) is 3.52. The number of aromatic amines is 1. The van der Waals surface area contributed by atoms with E-state index in [9.17, 15) is 32.9 Å². The topological polar surface area (TPSA) is 135 Å². The minimum absolute atomic E-state index is 0.0601. The van der Waals surface area contributed by atoms with Gasteiger partial charge in [0.1, 0.15) is 12.7 Å². The first kappa shape index (κ1) is 25.5. The van der Waals surface area contributed by atoms with Crippen molar-refractivity contribution in [3.63, 3.8) is 0 Å². The number of carboxylic acid groups (broad SMARTS) is 1. The summed E-state index contributed by atoms with van der Waals surface area (Å²) in [5, 5.41) is 22.4. The van der Waals surface area contributed by atoms with Gasteiger partial charge in [-0.2, -0.15) is 18.4 Å². The molecule has 1 amide bonds. The van der Waals surface area contributed by atoms with E-state index in [2.05, 4.69) is 20.3 Å². The molecule has 2 aromatic heterocycles. The number of likely N-dealkylation sites (tertiary alicyclic amines) is 1. The molecule has 1 saturated heterocycles. The van der Waals surface area contributed by atoms with E-state index in [4.69, 9.17) is 0 Å². The molecule has 9 nitrogen and oxygen atoms in total. The number of nitriles is 1. The number of hydrogen-bond acceptors (Lipinski definition) is 6. The Morgan fingerprint density at radius 3 is 2.72 bits per heavy atom. The van der Waals surface area contributed by atoms with Crippen molar-refractivity contribution in [1.82, 2.24) is 19.9 Å². The summed E-state index contributed by atoms with van der Waals surface area (Å²) in [5.74, 6) is -0.0601. The lowest BCUT2D eigenvalue weighted by Crippen LogP contribution is -2.38. The molecule has 1 aliphatic rings. The van der Waals surface area contributed by atoms with Crippen LogP contribution in [0.15, 0.2) is 24.5 Å². The van der Waals surface area contributed by atoms with Crippen LogP contribution in [0.5, 0.6) is 0 Å². The van der Waals surface area contributed by atoms with Gasteiger partial charge in [0.05, 0.1) is 28.1 Å². The molecule has 0 spiro atoms. The van der Waals surface area contributed by atoms with E-state index in [1.54, 1.807) is 0 Å². The SMILES string of the molecule is CP(C)(=O)c1c(C#N)ccc2c(-c3nc(NC4CCCCN(C(=O)O)C4)ncc3C(F)(F)F)c[nH]c12. The third-order valence-corrected chi connectivity index (χ3v) is 7.65. The maximum absolute atomic E-state index is 13.9. The van der Waals surface area contributed by atoms with Crippen LogP contribution < -0.4 is 10.6 Å². The second-order valence-corrected chi connectivity index (χ2v) is 12.2. The highest BCUT2D eigenvalue weighted by Gasteiger charge is 2.36. The van der Waals surface area contributed by atoms with Crippen molar-refractivity contribution in [1.29, 1.82) is 5.26 Å².